The van der Waals surface area contributed by atoms with E-state index in [1.54, 1.807) is 24.3 Å². The molecule has 27 heavy (non-hydrogen) atoms. The Bertz CT molecular complexity index is 923. The molecule has 1 heterocycles. The van der Waals surface area contributed by atoms with Crippen molar-refractivity contribution in [3.05, 3.63) is 46.7 Å². The molecule has 0 bridgehead atoms. The number of carbonyl (C=O) groups is 3. The van der Waals surface area contributed by atoms with Crippen LogP contribution in [0.2, 0.25) is 0 Å². The van der Waals surface area contributed by atoms with Gasteiger partial charge in [-0.05, 0) is 19.1 Å². The summed E-state index contributed by atoms with van der Waals surface area (Å²) < 4.78 is 15.0. The minimum atomic E-state index is -0.736. The topological polar surface area (TPSA) is 119 Å². The highest BCUT2D eigenvalue weighted by atomic mass is 16.5. The number of anilines is 1. The Morgan fingerprint density at radius 1 is 1.19 bits per heavy atom. The fourth-order valence-electron chi connectivity index (χ4n) is 2.51. The zero-order chi connectivity index (χ0) is 20.0. The molecule has 1 amide bonds. The molecule has 1 aromatic heterocycles. The number of nitrogens with one attached hydrogen (secondary N) is 1. The molecule has 0 aliphatic carbocycles. The summed E-state index contributed by atoms with van der Waals surface area (Å²) in [7, 11) is 2.64. The number of methoxy groups -OCH3 is 2. The summed E-state index contributed by atoms with van der Waals surface area (Å²) in [6.45, 7) is 1.48. The number of hydrogen-bond acceptors (Lipinski definition) is 7. The number of ether oxygens (including phenoxy) is 2. The van der Waals surface area contributed by atoms with Crippen molar-refractivity contribution in [2.24, 2.45) is 0 Å². The minimum Gasteiger partial charge on any atom is -0.496 e. The highest BCUT2D eigenvalue weighted by Gasteiger charge is 2.25. The summed E-state index contributed by atoms with van der Waals surface area (Å²) in [6, 6.07) is 8.54. The fourth-order valence-corrected chi connectivity index (χ4v) is 2.51. The molecule has 0 atom stereocenters. The van der Waals surface area contributed by atoms with E-state index in [4.69, 9.17) is 9.15 Å². The lowest BCUT2D eigenvalue weighted by atomic mass is 10.1. The van der Waals surface area contributed by atoms with Crippen LogP contribution in [0, 0.1) is 18.3 Å². The summed E-state index contributed by atoms with van der Waals surface area (Å²) in [4.78, 5) is 36.2. The van der Waals surface area contributed by atoms with Gasteiger partial charge < -0.3 is 13.9 Å². The number of para-hydroxylation sites is 1. The summed E-state index contributed by atoms with van der Waals surface area (Å²) >= 11 is 0. The number of ketones is 1. The van der Waals surface area contributed by atoms with Crippen molar-refractivity contribution in [2.45, 2.75) is 19.8 Å². The van der Waals surface area contributed by atoms with Gasteiger partial charge in [0.2, 0.25) is 11.8 Å². The van der Waals surface area contributed by atoms with Crippen LogP contribution >= 0.6 is 0 Å². The van der Waals surface area contributed by atoms with Crippen molar-refractivity contribution in [3.8, 4) is 11.8 Å². The van der Waals surface area contributed by atoms with Crippen molar-refractivity contribution in [1.29, 1.82) is 5.26 Å². The molecule has 0 fully saturated rings. The molecule has 0 saturated heterocycles. The van der Waals surface area contributed by atoms with Gasteiger partial charge in [-0.15, -0.1) is 0 Å². The highest BCUT2D eigenvalue weighted by Crippen LogP contribution is 2.27. The third kappa shape index (κ3) is 4.33. The molecule has 0 radical (unpaired) electrons. The molecule has 2 rings (SSSR count). The van der Waals surface area contributed by atoms with Crippen molar-refractivity contribution < 1.29 is 28.3 Å². The second-order valence-corrected chi connectivity index (χ2v) is 5.51. The van der Waals surface area contributed by atoms with E-state index in [9.17, 15) is 19.6 Å². The summed E-state index contributed by atoms with van der Waals surface area (Å²) in [5.41, 5.74) is 0.219. The number of carbonyl (C=O) groups excluding carboxylic acids is 3. The number of furan rings is 1. The Morgan fingerprint density at radius 2 is 1.89 bits per heavy atom. The number of hydrogen-bond donors (Lipinski definition) is 1. The molecule has 1 N–H and O–H groups in total. The van der Waals surface area contributed by atoms with Crippen molar-refractivity contribution in [2.75, 3.05) is 19.5 Å². The van der Waals surface area contributed by atoms with Crippen LogP contribution in [-0.4, -0.2) is 31.9 Å². The predicted molar refractivity (Wildman–Crippen MR) is 94.7 cm³/mol. The van der Waals surface area contributed by atoms with Crippen LogP contribution < -0.4 is 10.1 Å². The molecule has 0 spiro atoms. The molecule has 0 aliphatic rings. The molecular weight excluding hydrogens is 352 g/mol. The Labute approximate surface area is 155 Å². The van der Waals surface area contributed by atoms with Crippen LogP contribution in [0.1, 0.15) is 44.9 Å². The van der Waals surface area contributed by atoms with Gasteiger partial charge in [-0.2, -0.15) is 5.26 Å². The van der Waals surface area contributed by atoms with Crippen LogP contribution in [0.3, 0.4) is 0 Å². The number of amides is 1. The largest absolute Gasteiger partial charge is 0.496 e. The van der Waals surface area contributed by atoms with E-state index < -0.39 is 11.9 Å². The van der Waals surface area contributed by atoms with E-state index in [-0.39, 0.29) is 41.4 Å². The predicted octanol–water partition coefficient (Wildman–Crippen LogP) is 2.86. The number of rotatable bonds is 7. The van der Waals surface area contributed by atoms with Gasteiger partial charge in [0.1, 0.15) is 28.7 Å². The number of Topliss-reactive ketones (excluding diaryl/α,β-unsaturated/α-hetero) is 1. The first kappa shape index (κ1) is 19.7. The van der Waals surface area contributed by atoms with Gasteiger partial charge in [-0.1, -0.05) is 12.1 Å². The molecular formula is C19H18N2O6. The molecule has 1 aromatic carbocycles. The summed E-state index contributed by atoms with van der Waals surface area (Å²) in [5.74, 6) is -1.09. The van der Waals surface area contributed by atoms with Crippen LogP contribution in [-0.2, 0) is 9.53 Å². The SMILES string of the molecule is COC(=O)c1c(C)oc(NC(=O)CCC(=O)c2ccccc2OC)c1C#N. The number of aryl methyl sites for hydroxylation is 1. The lowest BCUT2D eigenvalue weighted by molar-refractivity contribution is -0.116. The number of esters is 1. The van der Waals surface area contributed by atoms with Crippen molar-refractivity contribution in [3.63, 3.8) is 0 Å². The van der Waals surface area contributed by atoms with E-state index in [0.29, 0.717) is 11.3 Å². The van der Waals surface area contributed by atoms with Crippen LogP contribution in [0.25, 0.3) is 0 Å². The van der Waals surface area contributed by atoms with Gasteiger partial charge in [0.25, 0.3) is 0 Å². The zero-order valence-electron chi connectivity index (χ0n) is 15.1. The molecule has 2 aromatic rings. The van der Waals surface area contributed by atoms with Crippen molar-refractivity contribution in [1.82, 2.24) is 0 Å². The highest BCUT2D eigenvalue weighted by molar-refractivity contribution is 6.02. The first-order chi connectivity index (χ1) is 12.9. The van der Waals surface area contributed by atoms with Gasteiger partial charge in [-0.25, -0.2) is 4.79 Å². The maximum Gasteiger partial charge on any atom is 0.342 e. The lowest BCUT2D eigenvalue weighted by Crippen LogP contribution is -2.14. The molecule has 140 valence electrons. The van der Waals surface area contributed by atoms with Gasteiger partial charge in [0.05, 0.1) is 19.8 Å². The van der Waals surface area contributed by atoms with Crippen LogP contribution in [0.15, 0.2) is 28.7 Å². The van der Waals surface area contributed by atoms with E-state index in [1.165, 1.54) is 21.1 Å². The first-order valence-electron chi connectivity index (χ1n) is 8.00. The average Bonchev–Trinajstić information content (AvgIpc) is 2.99. The zero-order valence-corrected chi connectivity index (χ0v) is 15.1. The van der Waals surface area contributed by atoms with Gasteiger partial charge >= 0.3 is 5.97 Å². The summed E-state index contributed by atoms with van der Waals surface area (Å²) in [5, 5.41) is 11.7. The van der Waals surface area contributed by atoms with Gasteiger partial charge in [-0.3, -0.25) is 14.9 Å². The monoisotopic (exact) mass is 370 g/mol. The normalized spacial score (nSPS) is 10.0. The molecule has 0 aliphatic heterocycles. The van der Waals surface area contributed by atoms with E-state index in [1.807, 2.05) is 6.07 Å². The van der Waals surface area contributed by atoms with Gasteiger partial charge in [0.15, 0.2) is 5.78 Å². The Kier molecular flexibility index (Phi) is 6.33. The number of nitrogens with zero attached hydrogens (tertiary/aromatic N) is 1. The number of nitriles is 1. The molecule has 8 heteroatoms. The first-order valence-corrected chi connectivity index (χ1v) is 8.00. The standard InChI is InChI=1S/C19H18N2O6/c1-11-17(19(24)26-3)13(10-20)18(27-11)21-16(23)9-8-14(22)12-6-4-5-7-15(12)25-2/h4-7H,8-9H2,1-3H3,(H,21,23). The molecule has 0 unspecified atom stereocenters. The Morgan fingerprint density at radius 3 is 2.52 bits per heavy atom. The van der Waals surface area contributed by atoms with E-state index in [2.05, 4.69) is 10.1 Å². The minimum absolute atomic E-state index is 0.0413. The third-order valence-corrected chi connectivity index (χ3v) is 3.83. The maximum atomic E-state index is 12.3. The Balaban J connectivity index is 2.07. The van der Waals surface area contributed by atoms with Crippen LogP contribution in [0.4, 0.5) is 5.88 Å². The summed E-state index contributed by atoms with van der Waals surface area (Å²) in [6.07, 6.45) is -0.188. The number of benzene rings is 1. The lowest BCUT2D eigenvalue weighted by Gasteiger charge is -2.07. The average molecular weight is 370 g/mol. The Hall–Kier alpha value is -3.60. The maximum absolute atomic E-state index is 12.3. The van der Waals surface area contributed by atoms with Crippen molar-refractivity contribution >= 4 is 23.5 Å². The van der Waals surface area contributed by atoms with Gasteiger partial charge in [0, 0.05) is 12.8 Å². The molecule has 8 nitrogen and oxygen atoms in total. The van der Waals surface area contributed by atoms with E-state index >= 15 is 0 Å². The quantitative estimate of drug-likeness (QED) is 0.588. The van der Waals surface area contributed by atoms with Crippen LogP contribution in [0.5, 0.6) is 5.75 Å². The smallest absolute Gasteiger partial charge is 0.342 e. The molecule has 0 saturated carbocycles. The second kappa shape index (κ2) is 8.67. The van der Waals surface area contributed by atoms with E-state index in [0.717, 1.165) is 0 Å². The fraction of sp³-hybridized carbons (Fsp3) is 0.263. The third-order valence-electron chi connectivity index (χ3n) is 3.83. The second-order valence-electron chi connectivity index (χ2n) is 5.51.